The van der Waals surface area contributed by atoms with E-state index in [2.05, 4.69) is 27.4 Å². The minimum Gasteiger partial charge on any atom is -0.338 e. The number of aromatic nitrogens is 3. The van der Waals surface area contributed by atoms with Crippen molar-refractivity contribution in [2.24, 2.45) is 0 Å². The van der Waals surface area contributed by atoms with Gasteiger partial charge in [-0.2, -0.15) is 0 Å². The molecule has 7 nitrogen and oxygen atoms in total. The summed E-state index contributed by atoms with van der Waals surface area (Å²) in [6.07, 6.45) is 1.76. The average molecular weight is 422 g/mol. The second kappa shape index (κ2) is 10.4. The highest BCUT2D eigenvalue weighted by atomic mass is 32.2. The molecule has 0 spiro atoms. The Balaban J connectivity index is 1.94. The maximum absolute atomic E-state index is 12.9. The molecule has 0 unspecified atom stereocenters. The molecule has 0 saturated heterocycles. The number of rotatable bonds is 8. The number of carbonyl (C=O) groups is 2. The molecule has 0 aliphatic heterocycles. The van der Waals surface area contributed by atoms with Crippen molar-refractivity contribution in [3.8, 4) is 11.4 Å². The predicted octanol–water partition coefficient (Wildman–Crippen LogP) is 3.81. The van der Waals surface area contributed by atoms with Crippen LogP contribution in [0.1, 0.15) is 17.7 Å². The first-order valence-corrected chi connectivity index (χ1v) is 10.4. The fourth-order valence-electron chi connectivity index (χ4n) is 2.86. The second-order valence-electron chi connectivity index (χ2n) is 6.33. The number of allylic oxidation sites excluding steroid dienone is 1. The third-order valence-corrected chi connectivity index (χ3v) is 5.43. The van der Waals surface area contributed by atoms with Crippen LogP contribution in [0.3, 0.4) is 0 Å². The number of hydrogen-bond donors (Lipinski definition) is 2. The Kier molecular flexibility index (Phi) is 7.40. The fourth-order valence-corrected chi connectivity index (χ4v) is 3.90. The number of benzene rings is 2. The van der Waals surface area contributed by atoms with Crippen molar-refractivity contribution in [1.29, 1.82) is 0 Å². The van der Waals surface area contributed by atoms with Crippen molar-refractivity contribution in [2.45, 2.75) is 23.9 Å². The van der Waals surface area contributed by atoms with Gasteiger partial charge < -0.3 is 5.32 Å². The molecular weight excluding hydrogens is 398 g/mol. The SMILES string of the molecule is C=CCn1c(S[C@H](C(=O)NC(=O)NCC)c2ccccc2)nnc1-c1ccccc1. The molecule has 8 heteroatoms. The molecule has 0 aliphatic carbocycles. The smallest absolute Gasteiger partial charge is 0.321 e. The van der Waals surface area contributed by atoms with Crippen LogP contribution < -0.4 is 10.6 Å². The summed E-state index contributed by atoms with van der Waals surface area (Å²) in [7, 11) is 0. The third-order valence-electron chi connectivity index (χ3n) is 4.20. The Bertz CT molecular complexity index is 1000. The van der Waals surface area contributed by atoms with E-state index in [0.717, 1.165) is 11.1 Å². The quantitative estimate of drug-likeness (QED) is 0.426. The molecule has 0 aliphatic rings. The summed E-state index contributed by atoms with van der Waals surface area (Å²) in [6.45, 7) is 6.53. The molecule has 1 heterocycles. The Hall–Kier alpha value is -3.39. The topological polar surface area (TPSA) is 88.9 Å². The van der Waals surface area contributed by atoms with Gasteiger partial charge in [-0.3, -0.25) is 14.7 Å². The van der Waals surface area contributed by atoms with Crippen LogP contribution in [-0.2, 0) is 11.3 Å². The molecule has 1 atom stereocenters. The van der Waals surface area contributed by atoms with Gasteiger partial charge in [0.25, 0.3) is 0 Å². The van der Waals surface area contributed by atoms with Gasteiger partial charge in [-0.05, 0) is 12.5 Å². The maximum atomic E-state index is 12.9. The second-order valence-corrected chi connectivity index (χ2v) is 7.40. The molecule has 0 bridgehead atoms. The zero-order chi connectivity index (χ0) is 21.3. The van der Waals surface area contributed by atoms with Gasteiger partial charge in [-0.1, -0.05) is 78.5 Å². The minimum atomic E-state index is -0.676. The molecule has 0 saturated carbocycles. The van der Waals surface area contributed by atoms with Crippen molar-refractivity contribution in [2.75, 3.05) is 6.54 Å². The molecule has 30 heavy (non-hydrogen) atoms. The first-order valence-electron chi connectivity index (χ1n) is 9.53. The van der Waals surface area contributed by atoms with Gasteiger partial charge in [0.15, 0.2) is 11.0 Å². The molecule has 0 fully saturated rings. The summed E-state index contributed by atoms with van der Waals surface area (Å²) in [5.41, 5.74) is 1.68. The van der Waals surface area contributed by atoms with E-state index in [0.29, 0.717) is 24.1 Å². The zero-order valence-electron chi connectivity index (χ0n) is 16.6. The fraction of sp³-hybridized carbons (Fsp3) is 0.182. The molecule has 1 aromatic heterocycles. The average Bonchev–Trinajstić information content (AvgIpc) is 3.16. The lowest BCUT2D eigenvalue weighted by atomic mass is 10.1. The number of amides is 3. The summed E-state index contributed by atoms with van der Waals surface area (Å²) >= 11 is 1.24. The summed E-state index contributed by atoms with van der Waals surface area (Å²) in [5.74, 6) is 0.264. The molecule has 2 N–H and O–H groups in total. The van der Waals surface area contributed by atoms with Gasteiger partial charge in [0.05, 0.1) is 0 Å². The van der Waals surface area contributed by atoms with Gasteiger partial charge in [-0.15, -0.1) is 16.8 Å². The minimum absolute atomic E-state index is 0.424. The van der Waals surface area contributed by atoms with Crippen molar-refractivity contribution >= 4 is 23.7 Å². The molecule has 3 amide bonds. The number of hydrogen-bond acceptors (Lipinski definition) is 5. The first kappa shape index (κ1) is 21.3. The van der Waals surface area contributed by atoms with E-state index in [1.807, 2.05) is 65.2 Å². The van der Waals surface area contributed by atoms with Crippen LogP contribution >= 0.6 is 11.8 Å². The van der Waals surface area contributed by atoms with Gasteiger partial charge in [-0.25, -0.2) is 4.79 Å². The van der Waals surface area contributed by atoms with Crippen LogP contribution in [-0.4, -0.2) is 33.2 Å². The highest BCUT2D eigenvalue weighted by molar-refractivity contribution is 8.00. The lowest BCUT2D eigenvalue weighted by molar-refractivity contribution is -0.119. The van der Waals surface area contributed by atoms with Crippen LogP contribution in [0.5, 0.6) is 0 Å². The molecule has 0 radical (unpaired) electrons. The number of nitrogens with one attached hydrogen (secondary N) is 2. The van der Waals surface area contributed by atoms with Gasteiger partial charge in [0.1, 0.15) is 5.25 Å². The zero-order valence-corrected chi connectivity index (χ0v) is 17.4. The molecule has 3 rings (SSSR count). The number of thioether (sulfide) groups is 1. The summed E-state index contributed by atoms with van der Waals surface area (Å²) in [5, 5.41) is 13.5. The van der Waals surface area contributed by atoms with Crippen molar-refractivity contribution in [3.63, 3.8) is 0 Å². The van der Waals surface area contributed by atoms with Crippen LogP contribution in [0.25, 0.3) is 11.4 Å². The van der Waals surface area contributed by atoms with E-state index < -0.39 is 17.2 Å². The molecule has 3 aromatic rings. The van der Waals surface area contributed by atoms with Gasteiger partial charge in [0.2, 0.25) is 5.91 Å². The first-order chi connectivity index (χ1) is 14.6. The van der Waals surface area contributed by atoms with Crippen LogP contribution in [0.2, 0.25) is 0 Å². The van der Waals surface area contributed by atoms with Crippen molar-refractivity contribution < 1.29 is 9.59 Å². The number of carbonyl (C=O) groups excluding carboxylic acids is 2. The number of imide groups is 1. The predicted molar refractivity (Wildman–Crippen MR) is 118 cm³/mol. The van der Waals surface area contributed by atoms with Crippen LogP contribution in [0.4, 0.5) is 4.79 Å². The Morgan fingerprint density at radius 3 is 2.40 bits per heavy atom. The summed E-state index contributed by atoms with van der Waals surface area (Å²) in [6, 6.07) is 18.5. The molecule has 2 aromatic carbocycles. The van der Waals surface area contributed by atoms with E-state index in [1.165, 1.54) is 11.8 Å². The Morgan fingerprint density at radius 2 is 1.77 bits per heavy atom. The van der Waals surface area contributed by atoms with Crippen LogP contribution in [0.15, 0.2) is 78.5 Å². The van der Waals surface area contributed by atoms with E-state index in [1.54, 1.807) is 13.0 Å². The van der Waals surface area contributed by atoms with Crippen molar-refractivity contribution in [1.82, 2.24) is 25.4 Å². The summed E-state index contributed by atoms with van der Waals surface area (Å²) in [4.78, 5) is 24.8. The largest absolute Gasteiger partial charge is 0.338 e. The van der Waals surface area contributed by atoms with E-state index in [9.17, 15) is 9.59 Å². The highest BCUT2D eigenvalue weighted by Gasteiger charge is 2.27. The monoisotopic (exact) mass is 421 g/mol. The van der Waals surface area contributed by atoms with Gasteiger partial charge >= 0.3 is 6.03 Å². The number of urea groups is 1. The van der Waals surface area contributed by atoms with E-state index in [4.69, 9.17) is 0 Å². The third kappa shape index (κ3) is 5.15. The Labute approximate surface area is 179 Å². The van der Waals surface area contributed by atoms with Crippen LogP contribution in [0, 0.1) is 0 Å². The van der Waals surface area contributed by atoms with E-state index >= 15 is 0 Å². The maximum Gasteiger partial charge on any atom is 0.321 e. The lowest BCUT2D eigenvalue weighted by Crippen LogP contribution is -2.41. The van der Waals surface area contributed by atoms with Crippen molar-refractivity contribution in [3.05, 3.63) is 78.9 Å². The molecule has 154 valence electrons. The van der Waals surface area contributed by atoms with E-state index in [-0.39, 0.29) is 0 Å². The highest BCUT2D eigenvalue weighted by Crippen LogP contribution is 2.36. The van der Waals surface area contributed by atoms with Gasteiger partial charge in [0, 0.05) is 18.7 Å². The standard InChI is InChI=1S/C22H23N5O2S/c1-3-15-27-19(17-13-9-6-10-14-17)25-26-22(27)30-18(16-11-7-5-8-12-16)20(28)24-21(29)23-4-2/h3,5-14,18H,1,4,15H2,2H3,(H2,23,24,28,29)/t18-/m0/s1. The Morgan fingerprint density at radius 1 is 1.10 bits per heavy atom. The lowest BCUT2D eigenvalue weighted by Gasteiger charge is -2.17. The summed E-state index contributed by atoms with van der Waals surface area (Å²) < 4.78 is 1.91. The normalized spacial score (nSPS) is 11.5. The number of nitrogens with zero attached hydrogens (tertiary/aromatic N) is 3. The molecular formula is C22H23N5O2S.